The highest BCUT2D eigenvalue weighted by molar-refractivity contribution is 6.36. The van der Waals surface area contributed by atoms with Gasteiger partial charge in [-0.1, -0.05) is 23.2 Å². The highest BCUT2D eigenvalue weighted by atomic mass is 35.5. The third-order valence-corrected chi connectivity index (χ3v) is 4.40. The molecule has 2 heterocycles. The van der Waals surface area contributed by atoms with Gasteiger partial charge in [0.2, 0.25) is 0 Å². The van der Waals surface area contributed by atoms with E-state index in [-0.39, 0.29) is 11.5 Å². The Bertz CT molecular complexity index is 843. The van der Waals surface area contributed by atoms with E-state index < -0.39 is 0 Å². The minimum absolute atomic E-state index is 0.0694. The molecule has 1 aliphatic rings. The third-order valence-electron chi connectivity index (χ3n) is 3.85. The number of furan rings is 1. The summed E-state index contributed by atoms with van der Waals surface area (Å²) in [5.41, 5.74) is 0.769. The molecule has 0 radical (unpaired) electrons. The summed E-state index contributed by atoms with van der Waals surface area (Å²) in [4.78, 5) is 14.0. The molecular formula is C18H14Cl2N2O2. The van der Waals surface area contributed by atoms with Gasteiger partial charge >= 0.3 is 0 Å². The van der Waals surface area contributed by atoms with Crippen LogP contribution in [0.1, 0.15) is 18.6 Å². The zero-order chi connectivity index (χ0) is 17.1. The van der Waals surface area contributed by atoms with Crippen LogP contribution in [0.3, 0.4) is 0 Å². The highest BCUT2D eigenvalue weighted by Crippen LogP contribution is 2.32. The summed E-state index contributed by atoms with van der Waals surface area (Å²) < 4.78 is 5.71. The van der Waals surface area contributed by atoms with Gasteiger partial charge in [0.15, 0.2) is 0 Å². The minimum atomic E-state index is -0.252. The van der Waals surface area contributed by atoms with Crippen molar-refractivity contribution in [3.63, 3.8) is 0 Å². The molecule has 24 heavy (non-hydrogen) atoms. The molecule has 2 aromatic rings. The van der Waals surface area contributed by atoms with Crippen molar-refractivity contribution >= 4 is 35.2 Å². The van der Waals surface area contributed by atoms with Crippen LogP contribution in [0.15, 0.2) is 40.3 Å². The lowest BCUT2D eigenvalue weighted by molar-refractivity contribution is -0.125. The fourth-order valence-electron chi connectivity index (χ4n) is 2.64. The zero-order valence-electron chi connectivity index (χ0n) is 12.8. The molecule has 1 fully saturated rings. The Balaban J connectivity index is 1.86. The number of rotatable bonds is 3. The molecule has 0 spiro atoms. The molecule has 1 aromatic carbocycles. The van der Waals surface area contributed by atoms with Crippen molar-refractivity contribution in [2.75, 3.05) is 13.1 Å². The van der Waals surface area contributed by atoms with E-state index in [1.54, 1.807) is 35.2 Å². The van der Waals surface area contributed by atoms with Gasteiger partial charge in [0, 0.05) is 29.8 Å². The van der Waals surface area contributed by atoms with Gasteiger partial charge in [-0.25, -0.2) is 0 Å². The molecule has 6 heteroatoms. The lowest BCUT2D eigenvalue weighted by Crippen LogP contribution is -2.28. The van der Waals surface area contributed by atoms with Gasteiger partial charge in [0.05, 0.1) is 5.02 Å². The molecule has 1 aromatic heterocycles. The van der Waals surface area contributed by atoms with Crippen LogP contribution in [0, 0.1) is 11.3 Å². The van der Waals surface area contributed by atoms with Gasteiger partial charge in [-0.15, -0.1) is 0 Å². The highest BCUT2D eigenvalue weighted by Gasteiger charge is 2.21. The molecule has 1 aliphatic heterocycles. The maximum absolute atomic E-state index is 12.3. The number of halogens is 2. The van der Waals surface area contributed by atoms with E-state index in [9.17, 15) is 10.1 Å². The molecule has 1 saturated heterocycles. The number of nitriles is 1. The molecule has 0 atom stereocenters. The van der Waals surface area contributed by atoms with Gasteiger partial charge in [0.25, 0.3) is 5.91 Å². The quantitative estimate of drug-likeness (QED) is 0.584. The van der Waals surface area contributed by atoms with Crippen molar-refractivity contribution in [3.8, 4) is 17.4 Å². The Morgan fingerprint density at radius 1 is 1.21 bits per heavy atom. The van der Waals surface area contributed by atoms with Crippen LogP contribution in [0.4, 0.5) is 0 Å². The monoisotopic (exact) mass is 360 g/mol. The van der Waals surface area contributed by atoms with Crippen LogP contribution in [0.25, 0.3) is 17.4 Å². The van der Waals surface area contributed by atoms with Gasteiger partial charge in [-0.2, -0.15) is 5.26 Å². The van der Waals surface area contributed by atoms with Crippen molar-refractivity contribution in [1.29, 1.82) is 5.26 Å². The number of benzene rings is 1. The Morgan fingerprint density at radius 2 is 1.96 bits per heavy atom. The first-order valence-electron chi connectivity index (χ1n) is 7.55. The predicted molar refractivity (Wildman–Crippen MR) is 93.6 cm³/mol. The second-order valence-corrected chi connectivity index (χ2v) is 6.34. The minimum Gasteiger partial charge on any atom is -0.457 e. The second kappa shape index (κ2) is 7.12. The van der Waals surface area contributed by atoms with Crippen molar-refractivity contribution in [1.82, 2.24) is 4.90 Å². The van der Waals surface area contributed by atoms with Crippen molar-refractivity contribution in [3.05, 3.63) is 51.7 Å². The van der Waals surface area contributed by atoms with Gasteiger partial charge in [-0.05, 0) is 43.2 Å². The van der Waals surface area contributed by atoms with Crippen LogP contribution in [0.5, 0.6) is 0 Å². The SMILES string of the molecule is N#CC(=Cc1ccc(-c2ccc(Cl)cc2Cl)o1)C(=O)N1CCCC1. The molecule has 0 N–H and O–H groups in total. The van der Waals surface area contributed by atoms with Gasteiger partial charge in [0.1, 0.15) is 23.2 Å². The Hall–Kier alpha value is -2.22. The standard InChI is InChI=1S/C18H14Cl2N2O2/c19-13-3-5-15(16(20)10-13)17-6-4-14(24-17)9-12(11-21)18(23)22-7-1-2-8-22/h3-6,9-10H,1-2,7-8H2. The van der Waals surface area contributed by atoms with Gasteiger partial charge < -0.3 is 9.32 Å². The maximum Gasteiger partial charge on any atom is 0.264 e. The first-order chi connectivity index (χ1) is 11.6. The predicted octanol–water partition coefficient (Wildman–Crippen LogP) is 4.78. The number of hydrogen-bond acceptors (Lipinski definition) is 3. The van der Waals surface area contributed by atoms with Crippen molar-refractivity contribution in [2.45, 2.75) is 12.8 Å². The number of carbonyl (C=O) groups is 1. The summed E-state index contributed by atoms with van der Waals surface area (Å²) >= 11 is 12.1. The van der Waals surface area contributed by atoms with E-state index in [1.165, 1.54) is 6.08 Å². The molecule has 0 aliphatic carbocycles. The average molecular weight is 361 g/mol. The Morgan fingerprint density at radius 3 is 2.62 bits per heavy atom. The largest absolute Gasteiger partial charge is 0.457 e. The zero-order valence-corrected chi connectivity index (χ0v) is 14.3. The van der Waals surface area contributed by atoms with Gasteiger partial charge in [-0.3, -0.25) is 4.79 Å². The van der Waals surface area contributed by atoms with Crippen LogP contribution < -0.4 is 0 Å². The summed E-state index contributed by atoms with van der Waals surface area (Å²) in [6, 6.07) is 10.5. The van der Waals surface area contributed by atoms with E-state index in [0.29, 0.717) is 40.2 Å². The van der Waals surface area contributed by atoms with Crippen LogP contribution in [0.2, 0.25) is 10.0 Å². The van der Waals surface area contributed by atoms with Crippen molar-refractivity contribution < 1.29 is 9.21 Å². The maximum atomic E-state index is 12.3. The molecule has 3 rings (SSSR count). The summed E-state index contributed by atoms with van der Waals surface area (Å²) in [5.74, 6) is 0.728. The molecule has 0 saturated carbocycles. The number of amides is 1. The molecule has 0 bridgehead atoms. The fraction of sp³-hybridized carbons (Fsp3) is 0.222. The van der Waals surface area contributed by atoms with Crippen LogP contribution >= 0.6 is 23.2 Å². The number of likely N-dealkylation sites (tertiary alicyclic amines) is 1. The second-order valence-electron chi connectivity index (χ2n) is 5.50. The van der Waals surface area contributed by atoms with Crippen LogP contribution in [-0.2, 0) is 4.79 Å². The Labute approximate surface area is 149 Å². The summed E-state index contributed by atoms with van der Waals surface area (Å²) in [7, 11) is 0. The molecular weight excluding hydrogens is 347 g/mol. The number of carbonyl (C=O) groups excluding carboxylic acids is 1. The summed E-state index contributed by atoms with van der Waals surface area (Å²) in [6.45, 7) is 1.39. The van der Waals surface area contributed by atoms with Crippen LogP contribution in [-0.4, -0.2) is 23.9 Å². The van der Waals surface area contributed by atoms with E-state index in [0.717, 1.165) is 12.8 Å². The molecule has 0 unspecified atom stereocenters. The lowest BCUT2D eigenvalue weighted by Gasteiger charge is -2.13. The first-order valence-corrected chi connectivity index (χ1v) is 8.30. The van der Waals surface area contributed by atoms with E-state index >= 15 is 0 Å². The third kappa shape index (κ3) is 3.48. The molecule has 4 nitrogen and oxygen atoms in total. The average Bonchev–Trinajstić information content (AvgIpc) is 3.24. The van der Waals surface area contributed by atoms with E-state index in [4.69, 9.17) is 27.6 Å². The lowest BCUT2D eigenvalue weighted by atomic mass is 10.2. The summed E-state index contributed by atoms with van der Waals surface area (Å²) in [6.07, 6.45) is 3.42. The smallest absolute Gasteiger partial charge is 0.264 e. The van der Waals surface area contributed by atoms with Crippen molar-refractivity contribution in [2.24, 2.45) is 0 Å². The molecule has 1 amide bonds. The number of nitrogens with zero attached hydrogens (tertiary/aromatic N) is 2. The van der Waals surface area contributed by atoms with E-state index in [1.807, 2.05) is 6.07 Å². The Kier molecular flexibility index (Phi) is 4.94. The molecule has 122 valence electrons. The topological polar surface area (TPSA) is 57.2 Å². The van der Waals surface area contributed by atoms with E-state index in [2.05, 4.69) is 0 Å². The number of hydrogen-bond donors (Lipinski definition) is 0. The fourth-order valence-corrected chi connectivity index (χ4v) is 3.14. The first kappa shape index (κ1) is 16.6. The summed E-state index contributed by atoms with van der Waals surface area (Å²) in [5, 5.41) is 10.3. The normalized spacial score (nSPS) is 14.7.